The number of rotatable bonds is 5. The van der Waals surface area contributed by atoms with Gasteiger partial charge in [0.05, 0.1) is 19.3 Å². The van der Waals surface area contributed by atoms with Gasteiger partial charge in [-0.1, -0.05) is 19.1 Å². The molecule has 0 saturated carbocycles. The molecule has 29 heavy (non-hydrogen) atoms. The molecule has 6 nitrogen and oxygen atoms in total. The third-order valence-electron chi connectivity index (χ3n) is 5.53. The second kappa shape index (κ2) is 8.89. The van der Waals surface area contributed by atoms with E-state index >= 15 is 0 Å². The number of amides is 1. The van der Waals surface area contributed by atoms with Gasteiger partial charge in [0.25, 0.3) is 0 Å². The fourth-order valence-corrected chi connectivity index (χ4v) is 3.78. The summed E-state index contributed by atoms with van der Waals surface area (Å²) in [7, 11) is 1.67. The Bertz CT molecular complexity index is 800. The van der Waals surface area contributed by atoms with Crippen LogP contribution in [0.25, 0.3) is 0 Å². The molecule has 1 aliphatic rings. The number of piperidine rings is 1. The van der Waals surface area contributed by atoms with Crippen LogP contribution in [0.5, 0.6) is 5.75 Å². The smallest absolute Gasteiger partial charge is 0.410 e. The minimum atomic E-state index is -0.446. The van der Waals surface area contributed by atoms with Gasteiger partial charge in [-0.2, -0.15) is 5.10 Å². The van der Waals surface area contributed by atoms with E-state index in [9.17, 15) is 4.79 Å². The van der Waals surface area contributed by atoms with Gasteiger partial charge in [0.1, 0.15) is 11.4 Å². The molecule has 1 unspecified atom stereocenters. The van der Waals surface area contributed by atoms with Crippen molar-refractivity contribution in [2.24, 2.45) is 5.92 Å². The molecule has 0 aliphatic carbocycles. The molecule has 1 aliphatic heterocycles. The Hall–Kier alpha value is -2.50. The predicted molar refractivity (Wildman–Crippen MR) is 113 cm³/mol. The number of carbonyl (C=O) groups excluding carboxylic acids is 1. The molecule has 1 saturated heterocycles. The van der Waals surface area contributed by atoms with E-state index in [0.717, 1.165) is 43.9 Å². The third kappa shape index (κ3) is 5.75. The molecule has 2 aromatic rings. The zero-order valence-corrected chi connectivity index (χ0v) is 18.2. The van der Waals surface area contributed by atoms with Crippen molar-refractivity contribution < 1.29 is 14.3 Å². The van der Waals surface area contributed by atoms with Crippen LogP contribution in [0.4, 0.5) is 4.79 Å². The van der Waals surface area contributed by atoms with Crippen LogP contribution in [-0.2, 0) is 11.3 Å². The van der Waals surface area contributed by atoms with Crippen molar-refractivity contribution in [3.05, 3.63) is 47.8 Å². The topological polar surface area (TPSA) is 56.6 Å². The molecular formula is C23H33N3O3. The molecule has 1 aromatic carbocycles. The number of aromatic nitrogens is 2. The monoisotopic (exact) mass is 399 g/mol. The zero-order valence-electron chi connectivity index (χ0n) is 18.2. The van der Waals surface area contributed by atoms with Crippen LogP contribution in [0.3, 0.4) is 0 Å². The van der Waals surface area contributed by atoms with Gasteiger partial charge in [0, 0.05) is 25.2 Å². The van der Waals surface area contributed by atoms with E-state index in [1.165, 1.54) is 5.56 Å². The van der Waals surface area contributed by atoms with E-state index in [2.05, 4.69) is 25.1 Å². The summed E-state index contributed by atoms with van der Waals surface area (Å²) >= 11 is 0. The zero-order chi connectivity index (χ0) is 21.0. The number of nitrogens with zero attached hydrogens (tertiary/aromatic N) is 3. The van der Waals surface area contributed by atoms with Crippen molar-refractivity contribution in [3.63, 3.8) is 0 Å². The first-order chi connectivity index (χ1) is 13.7. The molecule has 0 bridgehead atoms. The highest BCUT2D eigenvalue weighted by Crippen LogP contribution is 2.32. The van der Waals surface area contributed by atoms with Crippen molar-refractivity contribution in [2.75, 3.05) is 20.2 Å². The summed E-state index contributed by atoms with van der Waals surface area (Å²) < 4.78 is 12.7. The number of ether oxygens (including phenoxy) is 2. The molecule has 1 aromatic heterocycles. The Balaban J connectivity index is 1.53. The average Bonchev–Trinajstić information content (AvgIpc) is 3.15. The normalized spacial score (nSPS) is 16.5. The maximum Gasteiger partial charge on any atom is 0.410 e. The van der Waals surface area contributed by atoms with E-state index in [-0.39, 0.29) is 6.09 Å². The lowest BCUT2D eigenvalue weighted by Gasteiger charge is -2.35. The summed E-state index contributed by atoms with van der Waals surface area (Å²) in [5.41, 5.74) is 1.87. The number of benzene rings is 1. The lowest BCUT2D eigenvalue weighted by Crippen LogP contribution is -2.42. The molecule has 3 rings (SSSR count). The molecule has 1 amide bonds. The quantitative estimate of drug-likeness (QED) is 0.732. The maximum atomic E-state index is 12.3. The number of carbonyl (C=O) groups is 1. The molecule has 0 radical (unpaired) electrons. The molecule has 1 atom stereocenters. The highest BCUT2D eigenvalue weighted by molar-refractivity contribution is 5.68. The van der Waals surface area contributed by atoms with Gasteiger partial charge in [-0.15, -0.1) is 0 Å². The van der Waals surface area contributed by atoms with Gasteiger partial charge in [-0.3, -0.25) is 4.68 Å². The first kappa shape index (κ1) is 21.2. The molecule has 2 heterocycles. The van der Waals surface area contributed by atoms with Crippen LogP contribution >= 0.6 is 0 Å². The van der Waals surface area contributed by atoms with E-state index in [4.69, 9.17) is 14.6 Å². The largest absolute Gasteiger partial charge is 0.497 e. The summed E-state index contributed by atoms with van der Waals surface area (Å²) in [6.07, 6.45) is 3.80. The van der Waals surface area contributed by atoms with Crippen molar-refractivity contribution in [3.8, 4) is 5.75 Å². The first-order valence-corrected chi connectivity index (χ1v) is 10.4. The number of hydrogen-bond acceptors (Lipinski definition) is 4. The second-order valence-electron chi connectivity index (χ2n) is 8.88. The van der Waals surface area contributed by atoms with E-state index in [0.29, 0.717) is 11.8 Å². The van der Waals surface area contributed by atoms with Gasteiger partial charge < -0.3 is 14.4 Å². The third-order valence-corrected chi connectivity index (χ3v) is 5.53. The Morgan fingerprint density at radius 2 is 1.83 bits per heavy atom. The molecule has 158 valence electrons. The minimum Gasteiger partial charge on any atom is -0.497 e. The Morgan fingerprint density at radius 1 is 1.17 bits per heavy atom. The summed E-state index contributed by atoms with van der Waals surface area (Å²) in [4.78, 5) is 14.1. The van der Waals surface area contributed by atoms with Crippen molar-refractivity contribution >= 4 is 6.09 Å². The summed E-state index contributed by atoms with van der Waals surface area (Å²) in [5.74, 6) is 1.76. The highest BCUT2D eigenvalue weighted by atomic mass is 16.6. The average molecular weight is 400 g/mol. The summed E-state index contributed by atoms with van der Waals surface area (Å²) in [6, 6.07) is 10.2. The van der Waals surface area contributed by atoms with Crippen LogP contribution < -0.4 is 4.74 Å². The number of hydrogen-bond donors (Lipinski definition) is 0. The van der Waals surface area contributed by atoms with Gasteiger partial charge >= 0.3 is 6.09 Å². The van der Waals surface area contributed by atoms with Crippen LogP contribution in [0.15, 0.2) is 36.5 Å². The van der Waals surface area contributed by atoms with Crippen molar-refractivity contribution in [1.29, 1.82) is 0 Å². The van der Waals surface area contributed by atoms with E-state index in [1.807, 2.05) is 48.7 Å². The molecular weight excluding hydrogens is 366 g/mol. The standard InChI is InChI=1S/C23H33N3O3/c1-17(19-10-13-25(14-11-19)22(27)29-23(2,3)4)21-12-15-26(24-21)16-18-6-8-20(28-5)9-7-18/h6-9,12,15,17,19H,10-11,13-14,16H2,1-5H3. The van der Waals surface area contributed by atoms with Gasteiger partial charge in [0.2, 0.25) is 0 Å². The Kier molecular flexibility index (Phi) is 6.50. The summed E-state index contributed by atoms with van der Waals surface area (Å²) in [5, 5.41) is 4.81. The molecule has 0 spiro atoms. The van der Waals surface area contributed by atoms with Crippen molar-refractivity contribution in [2.45, 2.75) is 58.6 Å². The predicted octanol–water partition coefficient (Wildman–Crippen LogP) is 4.69. The van der Waals surface area contributed by atoms with E-state index < -0.39 is 5.60 Å². The van der Waals surface area contributed by atoms with Crippen LogP contribution in [-0.4, -0.2) is 46.6 Å². The van der Waals surface area contributed by atoms with Crippen LogP contribution in [0, 0.1) is 5.92 Å². The Morgan fingerprint density at radius 3 is 2.41 bits per heavy atom. The van der Waals surface area contributed by atoms with Gasteiger partial charge in [-0.25, -0.2) is 4.79 Å². The van der Waals surface area contributed by atoms with Crippen molar-refractivity contribution in [1.82, 2.24) is 14.7 Å². The van der Waals surface area contributed by atoms with E-state index in [1.54, 1.807) is 7.11 Å². The first-order valence-electron chi connectivity index (χ1n) is 10.4. The maximum absolute atomic E-state index is 12.3. The molecule has 6 heteroatoms. The van der Waals surface area contributed by atoms with Gasteiger partial charge in [0.15, 0.2) is 0 Å². The van der Waals surface area contributed by atoms with Crippen LogP contribution in [0.2, 0.25) is 0 Å². The minimum absolute atomic E-state index is 0.202. The SMILES string of the molecule is COc1ccc(Cn2ccc(C(C)C3CCN(C(=O)OC(C)(C)C)CC3)n2)cc1. The molecule has 1 fully saturated rings. The lowest BCUT2D eigenvalue weighted by atomic mass is 9.84. The lowest BCUT2D eigenvalue weighted by molar-refractivity contribution is 0.0175. The summed E-state index contributed by atoms with van der Waals surface area (Å²) in [6.45, 7) is 10.2. The highest BCUT2D eigenvalue weighted by Gasteiger charge is 2.30. The fraction of sp³-hybridized carbons (Fsp3) is 0.565. The second-order valence-corrected chi connectivity index (χ2v) is 8.88. The molecule has 0 N–H and O–H groups in total. The Labute approximate surface area is 173 Å². The van der Waals surface area contributed by atoms with Gasteiger partial charge in [-0.05, 0) is 63.3 Å². The fourth-order valence-electron chi connectivity index (χ4n) is 3.78. The van der Waals surface area contributed by atoms with Crippen LogP contribution in [0.1, 0.15) is 57.7 Å². The number of methoxy groups -OCH3 is 1. The number of likely N-dealkylation sites (tertiary alicyclic amines) is 1.